The van der Waals surface area contributed by atoms with E-state index in [1.54, 1.807) is 6.07 Å². The van der Waals surface area contributed by atoms with Gasteiger partial charge in [-0.25, -0.2) is 13.6 Å². The van der Waals surface area contributed by atoms with E-state index in [0.717, 1.165) is 39.8 Å². The minimum absolute atomic E-state index is 0.198. The molecule has 1 N–H and O–H groups in total. The predicted octanol–water partition coefficient (Wildman–Crippen LogP) is 6.07. The molecular weight excluding hydrogens is 436 g/mol. The average molecular weight is 464 g/mol. The van der Waals surface area contributed by atoms with E-state index in [9.17, 15) is 18.7 Å². The number of amides is 1. The molecule has 0 saturated carbocycles. The van der Waals surface area contributed by atoms with E-state index >= 15 is 0 Å². The fourth-order valence-corrected chi connectivity index (χ4v) is 5.34. The van der Waals surface area contributed by atoms with Crippen molar-refractivity contribution in [3.8, 4) is 11.3 Å². The number of carboxylic acid groups (broad SMARTS) is 1. The fourth-order valence-electron chi connectivity index (χ4n) is 5.34. The lowest BCUT2D eigenvalue weighted by Crippen LogP contribution is -2.35. The molecule has 0 spiro atoms. The molecule has 2 aromatic heterocycles. The predicted molar refractivity (Wildman–Crippen MR) is 128 cm³/mol. The molecule has 7 heteroatoms. The van der Waals surface area contributed by atoms with Gasteiger partial charge >= 0.3 is 6.09 Å². The molecule has 1 aliphatic rings. The summed E-state index contributed by atoms with van der Waals surface area (Å²) in [6, 6.07) is 12.0. The van der Waals surface area contributed by atoms with Crippen molar-refractivity contribution >= 4 is 17.0 Å². The first-order chi connectivity index (χ1) is 16.2. The highest BCUT2D eigenvalue weighted by atomic mass is 19.2. The summed E-state index contributed by atoms with van der Waals surface area (Å²) in [6.07, 6.45) is -0.340. The molecule has 3 heterocycles. The van der Waals surface area contributed by atoms with Gasteiger partial charge in [0.05, 0.1) is 18.8 Å². The molecule has 0 fully saturated rings. The molecule has 176 valence electrons. The number of hydrogen-bond donors (Lipinski definition) is 1. The second kappa shape index (κ2) is 8.01. The van der Waals surface area contributed by atoms with Crippen LogP contribution < -0.4 is 0 Å². The summed E-state index contributed by atoms with van der Waals surface area (Å²) in [5.74, 6) is -1.79. The summed E-state index contributed by atoms with van der Waals surface area (Å²) < 4.78 is 32.3. The van der Waals surface area contributed by atoms with E-state index < -0.39 is 17.7 Å². The van der Waals surface area contributed by atoms with Crippen LogP contribution in [0.3, 0.4) is 0 Å². The zero-order valence-corrected chi connectivity index (χ0v) is 19.7. The molecule has 2 aromatic carbocycles. The molecule has 34 heavy (non-hydrogen) atoms. The van der Waals surface area contributed by atoms with E-state index in [4.69, 9.17) is 0 Å². The van der Waals surface area contributed by atoms with Crippen molar-refractivity contribution in [2.75, 3.05) is 0 Å². The first kappa shape index (κ1) is 22.2. The maximum absolute atomic E-state index is 14.2. The Hall–Kier alpha value is -3.61. The summed E-state index contributed by atoms with van der Waals surface area (Å²) in [4.78, 5) is 13.4. The van der Waals surface area contributed by atoms with Gasteiger partial charge in [-0.2, -0.15) is 0 Å². The smallest absolute Gasteiger partial charge is 0.407 e. The minimum atomic E-state index is -0.981. The zero-order valence-electron chi connectivity index (χ0n) is 19.7. The van der Waals surface area contributed by atoms with Crippen molar-refractivity contribution in [1.29, 1.82) is 0 Å². The van der Waals surface area contributed by atoms with Crippen molar-refractivity contribution in [1.82, 2.24) is 14.0 Å². The lowest BCUT2D eigenvalue weighted by molar-refractivity contribution is 0.128. The summed E-state index contributed by atoms with van der Waals surface area (Å²) in [5.41, 5.74) is 7.75. The van der Waals surface area contributed by atoms with E-state index in [1.807, 2.05) is 40.0 Å². The molecule has 0 saturated heterocycles. The van der Waals surface area contributed by atoms with Crippen LogP contribution in [0.4, 0.5) is 13.6 Å². The average Bonchev–Trinajstić information content (AvgIpc) is 3.23. The van der Waals surface area contributed by atoms with Gasteiger partial charge in [0.15, 0.2) is 11.6 Å². The zero-order chi connectivity index (χ0) is 24.3. The Morgan fingerprint density at radius 2 is 1.85 bits per heavy atom. The van der Waals surface area contributed by atoms with Gasteiger partial charge in [-0.05, 0) is 61.7 Å². The first-order valence-corrected chi connectivity index (χ1v) is 11.4. The Bertz CT molecular complexity index is 1450. The van der Waals surface area contributed by atoms with Crippen LogP contribution in [-0.2, 0) is 26.6 Å². The highest BCUT2D eigenvalue weighted by Crippen LogP contribution is 2.40. The van der Waals surface area contributed by atoms with Crippen LogP contribution in [0.1, 0.15) is 41.9 Å². The fraction of sp³-hybridized carbons (Fsp3) is 0.296. The standard InChI is InChI=1S/C27H27F2N3O2/c1-15(2)31(27(33)34)13-20-16(3)26(17-9-10-21(28)22(29)11-17)32-14-25-19(12-24(20)32)18-7-5-6-8-23(18)30(25)4/h5-11,15H,12-14H2,1-4H3,(H,33,34). The SMILES string of the molecule is Cc1c(CN(C(=O)O)C(C)C)c2n(c1-c1ccc(F)c(F)c1)Cc1c(c3ccccc3n1C)C2. The third kappa shape index (κ3) is 3.30. The van der Waals surface area contributed by atoms with Crippen molar-refractivity contribution in [3.63, 3.8) is 0 Å². The number of nitrogens with zero attached hydrogens (tertiary/aromatic N) is 3. The Labute approximate surface area is 196 Å². The van der Waals surface area contributed by atoms with Gasteiger partial charge in [-0.15, -0.1) is 0 Å². The van der Waals surface area contributed by atoms with Crippen LogP contribution in [0.2, 0.25) is 0 Å². The number of benzene rings is 2. The maximum atomic E-state index is 14.2. The van der Waals surface area contributed by atoms with Crippen LogP contribution in [-0.4, -0.2) is 31.3 Å². The van der Waals surface area contributed by atoms with Crippen molar-refractivity contribution in [3.05, 3.63) is 82.2 Å². The molecule has 5 rings (SSSR count). The van der Waals surface area contributed by atoms with Crippen molar-refractivity contribution < 1.29 is 18.7 Å². The molecule has 0 unspecified atom stereocenters. The van der Waals surface area contributed by atoms with Gasteiger partial charge in [0.2, 0.25) is 0 Å². The second-order valence-corrected chi connectivity index (χ2v) is 9.30. The lowest BCUT2D eigenvalue weighted by atomic mass is 9.98. The van der Waals surface area contributed by atoms with Gasteiger partial charge in [0, 0.05) is 47.4 Å². The third-order valence-corrected chi connectivity index (χ3v) is 7.14. The van der Waals surface area contributed by atoms with E-state index in [2.05, 4.69) is 21.3 Å². The second-order valence-electron chi connectivity index (χ2n) is 9.30. The monoisotopic (exact) mass is 463 g/mol. The summed E-state index contributed by atoms with van der Waals surface area (Å²) >= 11 is 0. The molecule has 0 atom stereocenters. The van der Waals surface area contributed by atoms with Crippen molar-refractivity contribution in [2.24, 2.45) is 7.05 Å². The third-order valence-electron chi connectivity index (χ3n) is 7.14. The minimum Gasteiger partial charge on any atom is -0.465 e. The van der Waals surface area contributed by atoms with E-state index in [1.165, 1.54) is 21.9 Å². The first-order valence-electron chi connectivity index (χ1n) is 11.4. The van der Waals surface area contributed by atoms with Crippen LogP contribution >= 0.6 is 0 Å². The number of fused-ring (bicyclic) bond motifs is 4. The Balaban J connectivity index is 1.74. The lowest BCUT2D eigenvalue weighted by Gasteiger charge is -2.25. The van der Waals surface area contributed by atoms with Crippen LogP contribution in [0.15, 0.2) is 42.5 Å². The molecular formula is C27H27F2N3O2. The quantitative estimate of drug-likeness (QED) is 0.351. The molecule has 0 radical (unpaired) electrons. The van der Waals surface area contributed by atoms with Crippen LogP contribution in [0.5, 0.6) is 0 Å². The maximum Gasteiger partial charge on any atom is 0.407 e. The molecule has 1 aliphatic heterocycles. The Morgan fingerprint density at radius 3 is 2.53 bits per heavy atom. The van der Waals surface area contributed by atoms with Crippen LogP contribution in [0.25, 0.3) is 22.2 Å². The number of halogens is 2. The number of aryl methyl sites for hydroxylation is 1. The van der Waals surface area contributed by atoms with E-state index in [0.29, 0.717) is 18.5 Å². The summed E-state index contributed by atoms with van der Waals surface area (Å²) in [6.45, 7) is 6.45. The highest BCUT2D eigenvalue weighted by molar-refractivity contribution is 5.86. The number of carbonyl (C=O) groups is 1. The summed E-state index contributed by atoms with van der Waals surface area (Å²) in [7, 11) is 2.05. The highest BCUT2D eigenvalue weighted by Gasteiger charge is 2.31. The Kier molecular flexibility index (Phi) is 5.23. The molecule has 5 nitrogen and oxygen atoms in total. The van der Waals surface area contributed by atoms with E-state index in [-0.39, 0.29) is 12.6 Å². The van der Waals surface area contributed by atoms with Gasteiger partial charge in [-0.3, -0.25) is 0 Å². The van der Waals surface area contributed by atoms with Gasteiger partial charge in [-0.1, -0.05) is 18.2 Å². The molecule has 1 amide bonds. The number of rotatable bonds is 4. The topological polar surface area (TPSA) is 50.4 Å². The van der Waals surface area contributed by atoms with Crippen LogP contribution in [0, 0.1) is 18.6 Å². The molecule has 0 aliphatic carbocycles. The number of aromatic nitrogens is 2. The normalized spacial score (nSPS) is 12.8. The molecule has 4 aromatic rings. The number of para-hydroxylation sites is 1. The molecule has 0 bridgehead atoms. The van der Waals surface area contributed by atoms with Gasteiger partial charge < -0.3 is 19.1 Å². The van der Waals surface area contributed by atoms with Crippen molar-refractivity contribution in [2.45, 2.75) is 46.3 Å². The summed E-state index contributed by atoms with van der Waals surface area (Å²) in [5, 5.41) is 11.0. The van der Waals surface area contributed by atoms with Gasteiger partial charge in [0.1, 0.15) is 0 Å². The Morgan fingerprint density at radius 1 is 1.12 bits per heavy atom. The number of hydrogen-bond acceptors (Lipinski definition) is 1. The van der Waals surface area contributed by atoms with Gasteiger partial charge in [0.25, 0.3) is 0 Å². The largest absolute Gasteiger partial charge is 0.465 e.